The van der Waals surface area contributed by atoms with Gasteiger partial charge in [-0.05, 0) is 62.5 Å². The Labute approximate surface area is 218 Å². The van der Waals surface area contributed by atoms with E-state index in [1.54, 1.807) is 19.1 Å². The molecule has 3 rings (SSSR count). The normalized spacial score (nSPS) is 23.5. The number of hydrogen-bond acceptors (Lipinski definition) is 5. The van der Waals surface area contributed by atoms with Crippen molar-refractivity contribution in [1.29, 1.82) is 0 Å². The Kier molecular flexibility index (Phi) is 8.60. The van der Waals surface area contributed by atoms with Crippen LogP contribution in [0.2, 0.25) is 18.1 Å². The maximum Gasteiger partial charge on any atom is 0.240 e. The maximum atomic E-state index is 13.6. The van der Waals surface area contributed by atoms with Crippen molar-refractivity contribution in [2.75, 3.05) is 0 Å². The van der Waals surface area contributed by atoms with Crippen LogP contribution < -0.4 is 10.0 Å². The molecule has 2 N–H and O–H groups in total. The van der Waals surface area contributed by atoms with Crippen LogP contribution in [-0.2, 0) is 19.2 Å². The van der Waals surface area contributed by atoms with Gasteiger partial charge in [-0.3, -0.25) is 9.59 Å². The number of amides is 1. The minimum Gasteiger partial charge on any atom is -0.413 e. The number of aryl methyl sites for hydroxylation is 1. The van der Waals surface area contributed by atoms with Gasteiger partial charge in [0.25, 0.3) is 0 Å². The van der Waals surface area contributed by atoms with Crippen LogP contribution in [0, 0.1) is 18.8 Å². The summed E-state index contributed by atoms with van der Waals surface area (Å²) in [7, 11) is -5.82. The van der Waals surface area contributed by atoms with Crippen LogP contribution in [0.25, 0.3) is 0 Å². The fourth-order valence-electron chi connectivity index (χ4n) is 5.02. The first-order valence-electron chi connectivity index (χ1n) is 13.2. The lowest BCUT2D eigenvalue weighted by Crippen LogP contribution is -2.66. The van der Waals surface area contributed by atoms with E-state index in [4.69, 9.17) is 4.43 Å². The monoisotopic (exact) mass is 536 g/mol. The van der Waals surface area contributed by atoms with E-state index in [1.807, 2.05) is 13.8 Å². The lowest BCUT2D eigenvalue weighted by atomic mass is 9.76. The van der Waals surface area contributed by atoms with E-state index < -0.39 is 30.2 Å². The Morgan fingerprint density at radius 2 is 1.75 bits per heavy atom. The zero-order valence-corrected chi connectivity index (χ0v) is 24.9. The van der Waals surface area contributed by atoms with Gasteiger partial charge in [0.05, 0.1) is 23.0 Å². The van der Waals surface area contributed by atoms with E-state index in [0.29, 0.717) is 5.56 Å². The van der Waals surface area contributed by atoms with Crippen LogP contribution in [0.3, 0.4) is 0 Å². The van der Waals surface area contributed by atoms with Crippen LogP contribution in [0.1, 0.15) is 82.6 Å². The molecule has 2 aliphatic rings. The Balaban J connectivity index is 1.78. The number of sulfonamides is 1. The standard InChI is InChI=1S/C27H44N2O5SSi/c1-17-14-15-21(35(32,33)29-20-12-10-9-11-13-20)16-22(17)25(30)18(2)24-23(26(31)28-24)19(3)34-36(7,8)27(4,5)6/h14-16,18-20,23-24,29H,9-13H2,1-8H3,(H,28,31)/t18-,19-,23-,24-/m1/s1. The second-order valence-electron chi connectivity index (χ2n) is 12.2. The number of benzene rings is 1. The molecule has 0 radical (unpaired) electrons. The average Bonchev–Trinajstić information content (AvgIpc) is 2.75. The highest BCUT2D eigenvalue weighted by atomic mass is 32.2. The van der Waals surface area contributed by atoms with Gasteiger partial charge in [-0.25, -0.2) is 13.1 Å². The predicted octanol–water partition coefficient (Wildman–Crippen LogP) is 4.95. The summed E-state index contributed by atoms with van der Waals surface area (Å²) in [5.41, 5.74) is 1.10. The highest BCUT2D eigenvalue weighted by Crippen LogP contribution is 2.40. The van der Waals surface area contributed by atoms with E-state index in [0.717, 1.165) is 37.7 Å². The second kappa shape index (κ2) is 10.7. The molecule has 2 fully saturated rings. The third kappa shape index (κ3) is 6.11. The number of Topliss-reactive ketones (excluding diaryl/α,β-unsaturated/α-hetero) is 1. The molecule has 1 aliphatic carbocycles. The fraction of sp³-hybridized carbons (Fsp3) is 0.704. The fourth-order valence-corrected chi connectivity index (χ4v) is 7.78. The number of hydrogen-bond donors (Lipinski definition) is 2. The Bertz CT molecular complexity index is 1090. The largest absolute Gasteiger partial charge is 0.413 e. The molecule has 0 bridgehead atoms. The summed E-state index contributed by atoms with van der Waals surface area (Å²) in [5, 5.41) is 2.92. The molecule has 36 heavy (non-hydrogen) atoms. The van der Waals surface area contributed by atoms with Gasteiger partial charge in [0.1, 0.15) is 0 Å². The van der Waals surface area contributed by atoms with Crippen LogP contribution in [-0.4, -0.2) is 46.6 Å². The summed E-state index contributed by atoms with van der Waals surface area (Å²) < 4.78 is 35.4. The summed E-state index contributed by atoms with van der Waals surface area (Å²) in [6.07, 6.45) is 4.55. The van der Waals surface area contributed by atoms with Crippen molar-refractivity contribution in [2.24, 2.45) is 11.8 Å². The third-order valence-corrected chi connectivity index (χ3v) is 14.5. The molecule has 0 aromatic heterocycles. The molecule has 1 aromatic rings. The van der Waals surface area contributed by atoms with Crippen molar-refractivity contribution in [3.63, 3.8) is 0 Å². The quantitative estimate of drug-likeness (QED) is 0.264. The molecule has 1 saturated heterocycles. The van der Waals surface area contributed by atoms with Gasteiger partial charge in [0.15, 0.2) is 14.1 Å². The predicted molar refractivity (Wildman–Crippen MR) is 145 cm³/mol. The van der Waals surface area contributed by atoms with E-state index in [9.17, 15) is 18.0 Å². The smallest absolute Gasteiger partial charge is 0.240 e. The van der Waals surface area contributed by atoms with E-state index in [-0.39, 0.29) is 39.8 Å². The van der Waals surface area contributed by atoms with Gasteiger partial charge >= 0.3 is 0 Å². The molecular formula is C27H44N2O5SSi. The Morgan fingerprint density at radius 3 is 2.31 bits per heavy atom. The lowest BCUT2D eigenvalue weighted by molar-refractivity contribution is -0.141. The first-order valence-corrected chi connectivity index (χ1v) is 17.6. The van der Waals surface area contributed by atoms with Crippen molar-refractivity contribution in [2.45, 2.75) is 115 Å². The van der Waals surface area contributed by atoms with Crippen LogP contribution in [0.4, 0.5) is 0 Å². The van der Waals surface area contributed by atoms with E-state index in [1.165, 1.54) is 6.07 Å². The van der Waals surface area contributed by atoms with Gasteiger partial charge < -0.3 is 9.74 Å². The number of β-lactam (4-membered cyclic amide) rings is 1. The molecule has 9 heteroatoms. The molecule has 1 saturated carbocycles. The molecule has 4 atom stereocenters. The number of carbonyl (C=O) groups excluding carboxylic acids is 2. The summed E-state index contributed by atoms with van der Waals surface area (Å²) in [5.74, 6) is -1.20. The zero-order chi connectivity index (χ0) is 27.1. The van der Waals surface area contributed by atoms with Crippen molar-refractivity contribution in [3.05, 3.63) is 29.3 Å². The van der Waals surface area contributed by atoms with Crippen LogP contribution in [0.5, 0.6) is 0 Å². The summed E-state index contributed by atoms with van der Waals surface area (Å²) in [4.78, 5) is 26.2. The Morgan fingerprint density at radius 1 is 1.14 bits per heavy atom. The first-order chi connectivity index (χ1) is 16.5. The van der Waals surface area contributed by atoms with Crippen molar-refractivity contribution in [3.8, 4) is 0 Å². The van der Waals surface area contributed by atoms with Gasteiger partial charge in [-0.15, -0.1) is 0 Å². The van der Waals surface area contributed by atoms with Crippen LogP contribution in [0.15, 0.2) is 23.1 Å². The molecule has 0 unspecified atom stereocenters. The Hall–Kier alpha value is -1.55. The van der Waals surface area contributed by atoms with Crippen molar-refractivity contribution < 1.29 is 22.4 Å². The highest BCUT2D eigenvalue weighted by molar-refractivity contribution is 7.89. The molecule has 7 nitrogen and oxygen atoms in total. The van der Waals surface area contributed by atoms with E-state index in [2.05, 4.69) is 43.9 Å². The van der Waals surface area contributed by atoms with Gasteiger partial charge in [-0.1, -0.05) is 53.0 Å². The molecule has 0 spiro atoms. The summed E-state index contributed by atoms with van der Waals surface area (Å²) >= 11 is 0. The topological polar surface area (TPSA) is 102 Å². The average molecular weight is 537 g/mol. The lowest BCUT2D eigenvalue weighted by Gasteiger charge is -2.47. The van der Waals surface area contributed by atoms with Gasteiger partial charge in [0, 0.05) is 17.5 Å². The number of rotatable bonds is 9. The molecule has 202 valence electrons. The minimum absolute atomic E-state index is 0.00706. The molecule has 1 aromatic carbocycles. The summed E-state index contributed by atoms with van der Waals surface area (Å²) in [6, 6.07) is 4.33. The van der Waals surface area contributed by atoms with E-state index >= 15 is 0 Å². The van der Waals surface area contributed by atoms with Crippen molar-refractivity contribution >= 4 is 30.0 Å². The molecule has 1 aliphatic heterocycles. The number of carbonyl (C=O) groups is 2. The third-order valence-electron chi connectivity index (χ3n) is 8.46. The molecule has 1 heterocycles. The summed E-state index contributed by atoms with van der Waals surface area (Å²) in [6.45, 7) is 16.3. The highest BCUT2D eigenvalue weighted by Gasteiger charge is 2.50. The molecular weight excluding hydrogens is 492 g/mol. The number of ketones is 1. The SMILES string of the molecule is Cc1ccc(S(=O)(=O)NC2CCCCC2)cc1C(=O)[C@H](C)[C@H]1NC(=O)[C@@H]1[C@@H](C)O[Si](C)(C)C(C)(C)C. The van der Waals surface area contributed by atoms with Gasteiger partial charge in [-0.2, -0.15) is 0 Å². The first kappa shape index (κ1) is 29.0. The number of nitrogens with one attached hydrogen (secondary N) is 2. The molecule has 1 amide bonds. The van der Waals surface area contributed by atoms with Crippen LogP contribution >= 0.6 is 0 Å². The van der Waals surface area contributed by atoms with Gasteiger partial charge in [0.2, 0.25) is 15.9 Å². The minimum atomic E-state index is -3.72. The van der Waals surface area contributed by atoms with Crippen molar-refractivity contribution in [1.82, 2.24) is 10.0 Å². The zero-order valence-electron chi connectivity index (χ0n) is 23.1. The second-order valence-corrected chi connectivity index (χ2v) is 18.7. The maximum absolute atomic E-state index is 13.6.